The Morgan fingerprint density at radius 1 is 1.46 bits per heavy atom. The molecular formula is C18H22N6O2S2. The molecule has 1 saturated heterocycles. The Hall–Kier alpha value is -1.91. The van der Waals surface area contributed by atoms with E-state index in [-0.39, 0.29) is 12.0 Å². The average Bonchev–Trinajstić information content (AvgIpc) is 3.21. The molecule has 2 aliphatic heterocycles. The molecule has 0 aromatic carbocycles. The summed E-state index contributed by atoms with van der Waals surface area (Å²) < 4.78 is 7.75. The van der Waals surface area contributed by atoms with Gasteiger partial charge in [0, 0.05) is 23.2 Å². The minimum Gasteiger partial charge on any atom is -0.379 e. The zero-order valence-electron chi connectivity index (χ0n) is 15.5. The predicted octanol–water partition coefficient (Wildman–Crippen LogP) is 2.61. The molecule has 0 radical (unpaired) electrons. The van der Waals surface area contributed by atoms with Crippen LogP contribution < -0.4 is 11.1 Å². The number of carbonyl (C=O) groups is 1. The van der Waals surface area contributed by atoms with Gasteiger partial charge in [-0.05, 0) is 32.3 Å². The lowest BCUT2D eigenvalue weighted by atomic mass is 9.80. The predicted molar refractivity (Wildman–Crippen MR) is 110 cm³/mol. The molecule has 2 fully saturated rings. The maximum Gasteiger partial charge on any atom is 0.275 e. The van der Waals surface area contributed by atoms with Gasteiger partial charge in [-0.2, -0.15) is 5.10 Å². The summed E-state index contributed by atoms with van der Waals surface area (Å²) >= 11 is 3.09. The molecule has 0 spiro atoms. The third kappa shape index (κ3) is 3.13. The highest BCUT2D eigenvalue weighted by Crippen LogP contribution is 2.47. The monoisotopic (exact) mass is 418 g/mol. The van der Waals surface area contributed by atoms with Crippen molar-refractivity contribution in [3.05, 3.63) is 28.3 Å². The fourth-order valence-electron chi connectivity index (χ4n) is 3.89. The molecule has 0 bridgehead atoms. The van der Waals surface area contributed by atoms with E-state index in [1.54, 1.807) is 28.7 Å². The largest absolute Gasteiger partial charge is 0.379 e. The fourth-order valence-corrected chi connectivity index (χ4v) is 5.87. The first-order valence-corrected chi connectivity index (χ1v) is 11.3. The molecule has 1 saturated carbocycles. The van der Waals surface area contributed by atoms with Crippen LogP contribution in [-0.4, -0.2) is 44.3 Å². The number of nitrogens with zero attached hydrogens (tertiary/aromatic N) is 4. The van der Waals surface area contributed by atoms with Gasteiger partial charge in [-0.3, -0.25) is 9.48 Å². The van der Waals surface area contributed by atoms with Crippen LogP contribution in [0.4, 0.5) is 5.82 Å². The van der Waals surface area contributed by atoms with Crippen molar-refractivity contribution in [1.82, 2.24) is 14.8 Å². The first-order valence-electron chi connectivity index (χ1n) is 9.46. The number of thioether (sulfide) groups is 1. The maximum absolute atomic E-state index is 12.7. The number of anilines is 1. The van der Waals surface area contributed by atoms with E-state index in [1.165, 1.54) is 11.3 Å². The van der Waals surface area contributed by atoms with Crippen LogP contribution in [0.1, 0.15) is 47.7 Å². The second kappa shape index (κ2) is 6.85. The third-order valence-electron chi connectivity index (χ3n) is 5.53. The summed E-state index contributed by atoms with van der Waals surface area (Å²) in [6, 6.07) is 2.09. The summed E-state index contributed by atoms with van der Waals surface area (Å²) in [7, 11) is 0. The maximum atomic E-state index is 12.7. The van der Waals surface area contributed by atoms with Gasteiger partial charge in [0.15, 0.2) is 5.17 Å². The van der Waals surface area contributed by atoms with Crippen LogP contribution in [-0.2, 0) is 10.3 Å². The molecule has 5 rings (SSSR count). The molecular weight excluding hydrogens is 396 g/mol. The smallest absolute Gasteiger partial charge is 0.275 e. The quantitative estimate of drug-likeness (QED) is 0.790. The number of hydrogen-bond acceptors (Lipinski definition) is 8. The molecule has 4 heterocycles. The Morgan fingerprint density at radius 3 is 3.14 bits per heavy atom. The summed E-state index contributed by atoms with van der Waals surface area (Å²) in [6.07, 6.45) is 4.94. The molecule has 10 heteroatoms. The summed E-state index contributed by atoms with van der Waals surface area (Å²) in [5.74, 6) is 1.57. The number of ether oxygens (including phenoxy) is 1. The van der Waals surface area contributed by atoms with E-state index >= 15 is 0 Å². The molecule has 148 valence electrons. The highest BCUT2D eigenvalue weighted by atomic mass is 32.2. The van der Waals surface area contributed by atoms with Crippen molar-refractivity contribution in [3.63, 3.8) is 0 Å². The van der Waals surface area contributed by atoms with Crippen molar-refractivity contribution in [2.75, 3.05) is 17.7 Å². The van der Waals surface area contributed by atoms with Crippen LogP contribution in [0.3, 0.4) is 0 Å². The number of nitrogens with one attached hydrogen (secondary N) is 1. The van der Waals surface area contributed by atoms with Crippen molar-refractivity contribution in [3.8, 4) is 0 Å². The number of aliphatic imine (C=N–C) groups is 1. The van der Waals surface area contributed by atoms with E-state index in [0.29, 0.717) is 35.2 Å². The van der Waals surface area contributed by atoms with E-state index in [9.17, 15) is 4.79 Å². The standard InChI is InChI=1S/C18H22N6O2S2/c1-10-6-11-7-28-17(19)23-18(11,9-26-10)16-22-14(8-27-16)21-15(25)13-4-5-20-24(13)12-2-3-12/h4-5,8,10-12H,2-3,6-7,9H2,1H3,(H2,19,23)(H,21,25)/t10-,11-,18?/m0/s1. The fraction of sp³-hybridized carbons (Fsp3) is 0.556. The van der Waals surface area contributed by atoms with E-state index < -0.39 is 5.54 Å². The molecule has 2 aromatic rings. The van der Waals surface area contributed by atoms with Crippen molar-refractivity contribution >= 4 is 40.0 Å². The van der Waals surface area contributed by atoms with Gasteiger partial charge in [-0.15, -0.1) is 11.3 Å². The van der Waals surface area contributed by atoms with Gasteiger partial charge in [0.1, 0.15) is 22.1 Å². The summed E-state index contributed by atoms with van der Waals surface area (Å²) in [5, 5.41) is 10.5. The number of amidine groups is 1. The summed E-state index contributed by atoms with van der Waals surface area (Å²) in [5.41, 5.74) is 6.07. The first kappa shape index (κ1) is 18.1. The van der Waals surface area contributed by atoms with Gasteiger partial charge in [-0.25, -0.2) is 9.98 Å². The minimum atomic E-state index is -0.550. The minimum absolute atomic E-state index is 0.189. The molecule has 28 heavy (non-hydrogen) atoms. The van der Waals surface area contributed by atoms with Crippen LogP contribution in [0.25, 0.3) is 0 Å². The van der Waals surface area contributed by atoms with Gasteiger partial charge in [0.25, 0.3) is 5.91 Å². The van der Waals surface area contributed by atoms with E-state index in [0.717, 1.165) is 30.0 Å². The van der Waals surface area contributed by atoms with E-state index in [4.69, 9.17) is 20.4 Å². The first-order chi connectivity index (χ1) is 13.5. The molecule has 1 unspecified atom stereocenters. The number of thiazole rings is 1. The van der Waals surface area contributed by atoms with E-state index in [2.05, 4.69) is 17.3 Å². The summed E-state index contributed by atoms with van der Waals surface area (Å²) in [4.78, 5) is 22.2. The number of carbonyl (C=O) groups excluding carboxylic acids is 1. The van der Waals surface area contributed by atoms with Crippen LogP contribution in [0.5, 0.6) is 0 Å². The Morgan fingerprint density at radius 2 is 2.32 bits per heavy atom. The van der Waals surface area contributed by atoms with Crippen LogP contribution in [0, 0.1) is 5.92 Å². The van der Waals surface area contributed by atoms with Crippen molar-refractivity contribution in [2.45, 2.75) is 43.9 Å². The van der Waals surface area contributed by atoms with Gasteiger partial charge in [0.2, 0.25) is 0 Å². The SMILES string of the molecule is C[C@H]1C[C@H]2CSC(N)=NC2(c2nc(NC(=O)c3ccnn3C3CC3)cs2)CO1. The molecule has 1 aliphatic carbocycles. The second-order valence-electron chi connectivity index (χ2n) is 7.62. The van der Waals surface area contributed by atoms with Crippen LogP contribution >= 0.6 is 23.1 Å². The average molecular weight is 419 g/mol. The lowest BCUT2D eigenvalue weighted by Gasteiger charge is -2.44. The topological polar surface area (TPSA) is 107 Å². The van der Waals surface area contributed by atoms with Crippen LogP contribution in [0.15, 0.2) is 22.6 Å². The zero-order chi connectivity index (χ0) is 19.3. The Labute approximate surface area is 171 Å². The molecule has 3 atom stereocenters. The zero-order valence-corrected chi connectivity index (χ0v) is 17.1. The van der Waals surface area contributed by atoms with Gasteiger partial charge >= 0.3 is 0 Å². The number of fused-ring (bicyclic) bond motifs is 1. The Balaban J connectivity index is 1.40. The van der Waals surface area contributed by atoms with Gasteiger partial charge in [0.05, 0.1) is 18.8 Å². The third-order valence-corrected chi connectivity index (χ3v) is 7.50. The molecule has 8 nitrogen and oxygen atoms in total. The molecule has 3 N–H and O–H groups in total. The number of hydrogen-bond donors (Lipinski definition) is 2. The van der Waals surface area contributed by atoms with Crippen LogP contribution in [0.2, 0.25) is 0 Å². The number of rotatable bonds is 4. The van der Waals surface area contributed by atoms with E-state index in [1.807, 2.05) is 5.38 Å². The normalized spacial score (nSPS) is 29.8. The molecule has 2 aromatic heterocycles. The number of amides is 1. The highest BCUT2D eigenvalue weighted by Gasteiger charge is 2.49. The summed E-state index contributed by atoms with van der Waals surface area (Å²) in [6.45, 7) is 2.56. The molecule has 3 aliphatic rings. The van der Waals surface area contributed by atoms with Crippen molar-refractivity contribution in [2.24, 2.45) is 16.6 Å². The number of aromatic nitrogens is 3. The van der Waals surface area contributed by atoms with Gasteiger partial charge < -0.3 is 15.8 Å². The van der Waals surface area contributed by atoms with Gasteiger partial charge in [-0.1, -0.05) is 11.8 Å². The van der Waals surface area contributed by atoms with Crippen molar-refractivity contribution < 1.29 is 9.53 Å². The Bertz CT molecular complexity index is 936. The lowest BCUT2D eigenvalue weighted by molar-refractivity contribution is -0.0466. The lowest BCUT2D eigenvalue weighted by Crippen LogP contribution is -2.49. The molecule has 1 amide bonds. The Kier molecular flexibility index (Phi) is 4.44. The second-order valence-corrected chi connectivity index (χ2v) is 9.52. The van der Waals surface area contributed by atoms with Crippen molar-refractivity contribution in [1.29, 1.82) is 0 Å². The highest BCUT2D eigenvalue weighted by molar-refractivity contribution is 8.13. The number of nitrogens with two attached hydrogens (primary N) is 1.